The SMILES string of the molecule is COc1cc(C=NNC(=O)CN2CCOCC2)cc(I)c1OCC#N. The number of nitrogens with one attached hydrogen (secondary N) is 1. The van der Waals surface area contributed by atoms with Crippen LogP contribution in [-0.2, 0) is 9.53 Å². The Morgan fingerprint density at radius 2 is 2.28 bits per heavy atom. The van der Waals surface area contributed by atoms with Gasteiger partial charge in [0, 0.05) is 13.1 Å². The highest BCUT2D eigenvalue weighted by molar-refractivity contribution is 14.1. The summed E-state index contributed by atoms with van der Waals surface area (Å²) in [6.07, 6.45) is 1.54. The molecule has 1 fully saturated rings. The summed E-state index contributed by atoms with van der Waals surface area (Å²) in [5, 5.41) is 12.6. The molecule has 0 atom stereocenters. The van der Waals surface area contributed by atoms with Gasteiger partial charge in [0.25, 0.3) is 5.91 Å². The number of nitriles is 1. The van der Waals surface area contributed by atoms with Gasteiger partial charge in [-0.25, -0.2) is 5.43 Å². The van der Waals surface area contributed by atoms with Crippen LogP contribution in [0.5, 0.6) is 11.5 Å². The molecule has 0 unspecified atom stereocenters. The van der Waals surface area contributed by atoms with Crippen LogP contribution in [0, 0.1) is 14.9 Å². The lowest BCUT2D eigenvalue weighted by molar-refractivity contribution is -0.123. The van der Waals surface area contributed by atoms with E-state index in [0.717, 1.165) is 22.2 Å². The smallest absolute Gasteiger partial charge is 0.254 e. The van der Waals surface area contributed by atoms with Gasteiger partial charge in [0.15, 0.2) is 18.1 Å². The molecule has 0 bridgehead atoms. The van der Waals surface area contributed by atoms with Crippen molar-refractivity contribution >= 4 is 34.7 Å². The minimum absolute atomic E-state index is 0.0581. The van der Waals surface area contributed by atoms with Gasteiger partial charge in [-0.05, 0) is 40.3 Å². The lowest BCUT2D eigenvalue weighted by Gasteiger charge is -2.25. The van der Waals surface area contributed by atoms with E-state index >= 15 is 0 Å². The summed E-state index contributed by atoms with van der Waals surface area (Å²) in [6, 6.07) is 5.48. The van der Waals surface area contributed by atoms with Gasteiger partial charge in [0.2, 0.25) is 0 Å². The average Bonchev–Trinajstić information content (AvgIpc) is 2.61. The number of carbonyl (C=O) groups excluding carboxylic acids is 1. The molecule has 0 aromatic heterocycles. The maximum Gasteiger partial charge on any atom is 0.254 e. The number of amides is 1. The van der Waals surface area contributed by atoms with Crippen molar-refractivity contribution in [1.29, 1.82) is 5.26 Å². The number of hydrogen-bond acceptors (Lipinski definition) is 7. The summed E-state index contributed by atoms with van der Waals surface area (Å²) < 4.78 is 16.7. The van der Waals surface area contributed by atoms with E-state index in [4.69, 9.17) is 19.5 Å². The average molecular weight is 458 g/mol. The van der Waals surface area contributed by atoms with Crippen LogP contribution in [0.4, 0.5) is 0 Å². The van der Waals surface area contributed by atoms with Gasteiger partial charge in [0.05, 0.1) is 36.7 Å². The first-order valence-corrected chi connectivity index (χ1v) is 8.71. The van der Waals surface area contributed by atoms with Gasteiger partial charge >= 0.3 is 0 Å². The van der Waals surface area contributed by atoms with Crippen molar-refractivity contribution in [3.63, 3.8) is 0 Å². The van der Waals surface area contributed by atoms with E-state index in [1.165, 1.54) is 13.3 Å². The molecule has 25 heavy (non-hydrogen) atoms. The molecule has 1 aromatic rings. The third kappa shape index (κ3) is 6.15. The Hall–Kier alpha value is -1.90. The molecule has 1 heterocycles. The molecule has 0 spiro atoms. The van der Waals surface area contributed by atoms with Crippen LogP contribution in [-0.4, -0.2) is 63.6 Å². The summed E-state index contributed by atoms with van der Waals surface area (Å²) in [7, 11) is 1.52. The van der Waals surface area contributed by atoms with E-state index in [2.05, 4.69) is 33.1 Å². The zero-order chi connectivity index (χ0) is 18.1. The maximum absolute atomic E-state index is 11.9. The van der Waals surface area contributed by atoms with Crippen molar-refractivity contribution in [2.45, 2.75) is 0 Å². The van der Waals surface area contributed by atoms with Crippen LogP contribution in [0.25, 0.3) is 0 Å². The quantitative estimate of drug-likeness (QED) is 0.372. The Kier molecular flexibility index (Phi) is 7.90. The molecule has 0 saturated carbocycles. The highest BCUT2D eigenvalue weighted by Crippen LogP contribution is 2.33. The van der Waals surface area contributed by atoms with Gasteiger partial charge in [-0.2, -0.15) is 10.4 Å². The van der Waals surface area contributed by atoms with Crippen molar-refractivity contribution in [2.75, 3.05) is 46.6 Å². The van der Waals surface area contributed by atoms with E-state index in [1.807, 2.05) is 17.0 Å². The molecule has 9 heteroatoms. The molecule has 0 aliphatic carbocycles. The lowest BCUT2D eigenvalue weighted by atomic mass is 10.2. The maximum atomic E-state index is 11.9. The number of carbonyl (C=O) groups is 1. The van der Waals surface area contributed by atoms with Crippen LogP contribution in [0.1, 0.15) is 5.56 Å². The van der Waals surface area contributed by atoms with Gasteiger partial charge in [-0.3, -0.25) is 9.69 Å². The van der Waals surface area contributed by atoms with Gasteiger partial charge in [-0.1, -0.05) is 0 Å². The summed E-state index contributed by atoms with van der Waals surface area (Å²) in [5.74, 6) is 0.843. The normalized spacial score (nSPS) is 14.9. The van der Waals surface area contributed by atoms with Crippen LogP contribution in [0.15, 0.2) is 17.2 Å². The molecule has 1 aliphatic heterocycles. The van der Waals surface area contributed by atoms with Gasteiger partial charge in [0.1, 0.15) is 6.07 Å². The second kappa shape index (κ2) is 10.2. The third-order valence-electron chi connectivity index (χ3n) is 3.41. The number of halogens is 1. The molecule has 1 aromatic carbocycles. The molecule has 2 rings (SSSR count). The van der Waals surface area contributed by atoms with Crippen molar-refractivity contribution in [2.24, 2.45) is 5.10 Å². The van der Waals surface area contributed by atoms with E-state index < -0.39 is 0 Å². The molecule has 1 aliphatic rings. The Morgan fingerprint density at radius 3 is 2.96 bits per heavy atom. The number of benzene rings is 1. The Morgan fingerprint density at radius 1 is 1.52 bits per heavy atom. The monoisotopic (exact) mass is 458 g/mol. The topological polar surface area (TPSA) is 96.2 Å². The minimum Gasteiger partial charge on any atom is -0.493 e. The predicted molar refractivity (Wildman–Crippen MR) is 99.8 cm³/mol. The summed E-state index contributed by atoms with van der Waals surface area (Å²) in [5.41, 5.74) is 3.26. The highest BCUT2D eigenvalue weighted by atomic mass is 127. The fourth-order valence-electron chi connectivity index (χ4n) is 2.24. The summed E-state index contributed by atoms with van der Waals surface area (Å²) in [6.45, 7) is 3.03. The van der Waals surface area contributed by atoms with Gasteiger partial charge < -0.3 is 14.2 Å². The largest absolute Gasteiger partial charge is 0.493 e. The molecule has 1 saturated heterocycles. The molecule has 134 valence electrons. The molecular weight excluding hydrogens is 439 g/mol. The third-order valence-corrected chi connectivity index (χ3v) is 4.21. The predicted octanol–water partition coefficient (Wildman–Crippen LogP) is 0.984. The van der Waals surface area contributed by atoms with Crippen LogP contribution >= 0.6 is 22.6 Å². The number of nitrogens with zero attached hydrogens (tertiary/aromatic N) is 3. The van der Waals surface area contributed by atoms with Crippen molar-refractivity contribution in [3.05, 3.63) is 21.3 Å². The molecule has 8 nitrogen and oxygen atoms in total. The molecular formula is C16H19IN4O4. The number of methoxy groups -OCH3 is 1. The fraction of sp³-hybridized carbons (Fsp3) is 0.438. The van der Waals surface area contributed by atoms with Gasteiger partial charge in [-0.15, -0.1) is 0 Å². The zero-order valence-corrected chi connectivity index (χ0v) is 16.0. The number of rotatable bonds is 7. The number of hydrazone groups is 1. The van der Waals surface area contributed by atoms with Crippen molar-refractivity contribution in [1.82, 2.24) is 10.3 Å². The first-order valence-electron chi connectivity index (χ1n) is 7.63. The van der Waals surface area contributed by atoms with Crippen molar-refractivity contribution in [3.8, 4) is 17.6 Å². The number of morpholine rings is 1. The standard InChI is InChI=1S/C16H19IN4O4/c1-23-14-9-12(8-13(17)16(14)25-5-2-18)10-19-20-15(22)11-21-3-6-24-7-4-21/h8-10H,3-7,11H2,1H3,(H,20,22). The highest BCUT2D eigenvalue weighted by Gasteiger charge is 2.14. The van der Waals surface area contributed by atoms with Crippen LogP contribution in [0.2, 0.25) is 0 Å². The number of hydrogen-bond donors (Lipinski definition) is 1. The molecule has 1 amide bonds. The fourth-order valence-corrected chi connectivity index (χ4v) is 3.02. The number of ether oxygens (including phenoxy) is 3. The van der Waals surface area contributed by atoms with E-state index in [-0.39, 0.29) is 12.5 Å². The van der Waals surface area contributed by atoms with E-state index in [9.17, 15) is 4.79 Å². The second-order valence-corrected chi connectivity index (χ2v) is 6.32. The lowest BCUT2D eigenvalue weighted by Crippen LogP contribution is -2.42. The zero-order valence-electron chi connectivity index (χ0n) is 13.8. The Labute approximate surface area is 159 Å². The van der Waals surface area contributed by atoms with Crippen LogP contribution < -0.4 is 14.9 Å². The van der Waals surface area contributed by atoms with Crippen molar-refractivity contribution < 1.29 is 19.0 Å². The molecule has 1 N–H and O–H groups in total. The van der Waals surface area contributed by atoms with E-state index in [0.29, 0.717) is 31.3 Å². The Balaban J connectivity index is 1.94. The van der Waals surface area contributed by atoms with E-state index in [1.54, 1.807) is 6.07 Å². The first-order chi connectivity index (χ1) is 12.1. The minimum atomic E-state index is -0.172. The van der Waals surface area contributed by atoms with Crippen LogP contribution in [0.3, 0.4) is 0 Å². The summed E-state index contributed by atoms with van der Waals surface area (Å²) in [4.78, 5) is 13.9. The summed E-state index contributed by atoms with van der Waals surface area (Å²) >= 11 is 2.09. The first kappa shape index (κ1) is 19.4. The Bertz CT molecular complexity index is 669. The second-order valence-electron chi connectivity index (χ2n) is 5.16. The molecule has 0 radical (unpaired) electrons.